The Morgan fingerprint density at radius 1 is 1.21 bits per heavy atom. The van der Waals surface area contributed by atoms with Gasteiger partial charge in [0.05, 0.1) is 10.9 Å². The van der Waals surface area contributed by atoms with Crippen LogP contribution in [0.5, 0.6) is 0 Å². The van der Waals surface area contributed by atoms with Crippen LogP contribution in [0.25, 0.3) is 16.8 Å². The van der Waals surface area contributed by atoms with Crippen LogP contribution in [-0.4, -0.2) is 9.55 Å². The van der Waals surface area contributed by atoms with Crippen LogP contribution in [-0.2, 0) is 0 Å². The van der Waals surface area contributed by atoms with Crippen molar-refractivity contribution in [1.29, 1.82) is 0 Å². The summed E-state index contributed by atoms with van der Waals surface area (Å²) < 4.78 is 6.06. The highest BCUT2D eigenvalue weighted by Crippen LogP contribution is 2.16. The highest BCUT2D eigenvalue weighted by atomic mass is 35.5. The Hall–Kier alpha value is -2.27. The molecule has 5 nitrogen and oxygen atoms in total. The minimum absolute atomic E-state index is 0.0985. The van der Waals surface area contributed by atoms with Gasteiger partial charge < -0.3 is 9.40 Å². The number of H-pyrrole nitrogens is 1. The molecule has 3 rings (SSSR count). The van der Waals surface area contributed by atoms with Gasteiger partial charge in [-0.25, -0.2) is 4.79 Å². The second kappa shape index (κ2) is 4.13. The second-order valence-corrected chi connectivity index (χ2v) is 4.52. The fourth-order valence-corrected chi connectivity index (χ4v) is 2.20. The lowest BCUT2D eigenvalue weighted by Crippen LogP contribution is -2.33. The first-order chi connectivity index (χ1) is 9.08. The van der Waals surface area contributed by atoms with Crippen LogP contribution in [0.1, 0.15) is 5.56 Å². The Morgan fingerprint density at radius 2 is 2.00 bits per heavy atom. The van der Waals surface area contributed by atoms with Gasteiger partial charge in [-0.1, -0.05) is 12.1 Å². The standard InChI is InChI=1S/C13H9ClN2O3/c1-7-3-2-4-8-11(7)12(17)16(13(18)15-8)10-6-5-9(14)19-10/h2-6H,1H3,(H,15,18). The first-order valence-electron chi connectivity index (χ1n) is 5.58. The molecule has 0 bridgehead atoms. The van der Waals surface area contributed by atoms with Crippen LogP contribution in [0.4, 0.5) is 0 Å². The fourth-order valence-electron chi connectivity index (χ4n) is 2.06. The zero-order valence-corrected chi connectivity index (χ0v) is 10.7. The van der Waals surface area contributed by atoms with Crippen molar-refractivity contribution in [2.75, 3.05) is 0 Å². The van der Waals surface area contributed by atoms with Crippen molar-refractivity contribution in [3.63, 3.8) is 0 Å². The van der Waals surface area contributed by atoms with Crippen LogP contribution in [0.2, 0.25) is 5.22 Å². The molecule has 0 aliphatic carbocycles. The molecule has 19 heavy (non-hydrogen) atoms. The third-order valence-corrected chi connectivity index (χ3v) is 3.12. The van der Waals surface area contributed by atoms with Gasteiger partial charge in [0.15, 0.2) is 5.22 Å². The van der Waals surface area contributed by atoms with E-state index in [4.69, 9.17) is 16.0 Å². The molecule has 1 aromatic carbocycles. The maximum atomic E-state index is 12.4. The summed E-state index contributed by atoms with van der Waals surface area (Å²) in [4.78, 5) is 27.1. The number of aromatic nitrogens is 2. The zero-order valence-electron chi connectivity index (χ0n) is 9.94. The quantitative estimate of drug-likeness (QED) is 0.741. The van der Waals surface area contributed by atoms with Crippen molar-refractivity contribution in [1.82, 2.24) is 9.55 Å². The van der Waals surface area contributed by atoms with Crippen LogP contribution in [0.15, 0.2) is 44.3 Å². The van der Waals surface area contributed by atoms with Gasteiger partial charge in [0.25, 0.3) is 5.56 Å². The Labute approximate surface area is 112 Å². The maximum absolute atomic E-state index is 12.4. The van der Waals surface area contributed by atoms with E-state index >= 15 is 0 Å². The number of furan rings is 1. The van der Waals surface area contributed by atoms with Crippen molar-refractivity contribution in [3.8, 4) is 5.88 Å². The smallest absolute Gasteiger partial charge is 0.335 e. The summed E-state index contributed by atoms with van der Waals surface area (Å²) in [6, 6.07) is 8.22. The fraction of sp³-hybridized carbons (Fsp3) is 0.0769. The molecule has 96 valence electrons. The maximum Gasteiger partial charge on any atom is 0.335 e. The summed E-state index contributed by atoms with van der Waals surface area (Å²) >= 11 is 5.67. The minimum atomic E-state index is -0.561. The monoisotopic (exact) mass is 276 g/mol. The number of fused-ring (bicyclic) bond motifs is 1. The molecule has 0 amide bonds. The van der Waals surface area contributed by atoms with Crippen LogP contribution < -0.4 is 11.2 Å². The molecule has 0 radical (unpaired) electrons. The lowest BCUT2D eigenvalue weighted by atomic mass is 10.1. The Bertz CT molecular complexity index is 889. The van der Waals surface area contributed by atoms with Crippen molar-refractivity contribution in [2.45, 2.75) is 6.92 Å². The Morgan fingerprint density at radius 3 is 2.68 bits per heavy atom. The third-order valence-electron chi connectivity index (χ3n) is 2.91. The molecular weight excluding hydrogens is 268 g/mol. The molecule has 0 fully saturated rings. The van der Waals surface area contributed by atoms with E-state index in [0.29, 0.717) is 10.9 Å². The average Bonchev–Trinajstić information content (AvgIpc) is 2.75. The molecule has 0 aliphatic heterocycles. The molecular formula is C13H9ClN2O3. The third kappa shape index (κ3) is 1.79. The van der Waals surface area contributed by atoms with Crippen molar-refractivity contribution >= 4 is 22.5 Å². The summed E-state index contributed by atoms with van der Waals surface area (Å²) in [6.45, 7) is 1.81. The molecule has 2 aromatic heterocycles. The Kier molecular flexibility index (Phi) is 2.57. The number of hydrogen-bond donors (Lipinski definition) is 1. The summed E-state index contributed by atoms with van der Waals surface area (Å²) in [6.07, 6.45) is 0. The van der Waals surface area contributed by atoms with E-state index in [-0.39, 0.29) is 11.1 Å². The van der Waals surface area contributed by atoms with Gasteiger partial charge in [0, 0.05) is 6.07 Å². The van der Waals surface area contributed by atoms with Crippen LogP contribution in [0, 0.1) is 6.92 Å². The van der Waals surface area contributed by atoms with Crippen molar-refractivity contribution < 1.29 is 4.42 Å². The number of nitrogens with zero attached hydrogens (tertiary/aromatic N) is 1. The normalized spacial score (nSPS) is 11.1. The number of aromatic amines is 1. The topological polar surface area (TPSA) is 68.0 Å². The zero-order chi connectivity index (χ0) is 13.6. The number of halogens is 1. The van der Waals surface area contributed by atoms with Gasteiger partial charge >= 0.3 is 5.69 Å². The molecule has 2 heterocycles. The number of nitrogens with one attached hydrogen (secondary N) is 1. The molecule has 0 atom stereocenters. The lowest BCUT2D eigenvalue weighted by molar-refractivity contribution is 0.529. The molecule has 0 spiro atoms. The van der Waals surface area contributed by atoms with E-state index in [9.17, 15) is 9.59 Å². The first-order valence-corrected chi connectivity index (χ1v) is 5.96. The van der Waals surface area contributed by atoms with Gasteiger partial charge in [-0.2, -0.15) is 4.57 Å². The number of rotatable bonds is 1. The van der Waals surface area contributed by atoms with E-state index in [1.807, 2.05) is 13.0 Å². The van der Waals surface area contributed by atoms with E-state index in [2.05, 4.69) is 4.98 Å². The summed E-state index contributed by atoms with van der Waals surface area (Å²) in [5, 5.41) is 0.570. The molecule has 0 saturated carbocycles. The minimum Gasteiger partial charge on any atom is -0.428 e. The number of hydrogen-bond acceptors (Lipinski definition) is 3. The molecule has 0 saturated heterocycles. The van der Waals surface area contributed by atoms with Gasteiger partial charge in [0.2, 0.25) is 5.88 Å². The van der Waals surface area contributed by atoms with Crippen molar-refractivity contribution in [3.05, 3.63) is 62.0 Å². The van der Waals surface area contributed by atoms with Crippen LogP contribution in [0.3, 0.4) is 0 Å². The summed E-state index contributed by atoms with van der Waals surface area (Å²) in [7, 11) is 0. The average molecular weight is 277 g/mol. The van der Waals surface area contributed by atoms with Gasteiger partial charge in [0.1, 0.15) is 0 Å². The van der Waals surface area contributed by atoms with Crippen LogP contribution >= 0.6 is 11.6 Å². The lowest BCUT2D eigenvalue weighted by Gasteiger charge is -2.05. The summed E-state index contributed by atoms with van der Waals surface area (Å²) in [5.41, 5.74) is 0.297. The molecule has 0 aliphatic rings. The first kappa shape index (κ1) is 11.8. The SMILES string of the molecule is Cc1cccc2[nH]c(=O)n(-c3ccc(Cl)o3)c(=O)c12. The molecule has 6 heteroatoms. The van der Waals surface area contributed by atoms with Gasteiger partial charge in [-0.05, 0) is 36.2 Å². The van der Waals surface area contributed by atoms with E-state index < -0.39 is 11.2 Å². The second-order valence-electron chi connectivity index (χ2n) is 4.15. The van der Waals surface area contributed by atoms with E-state index in [0.717, 1.165) is 10.1 Å². The molecule has 1 N–H and O–H groups in total. The molecule has 3 aromatic rings. The van der Waals surface area contributed by atoms with E-state index in [1.54, 1.807) is 12.1 Å². The predicted molar refractivity (Wildman–Crippen MR) is 72.2 cm³/mol. The number of aryl methyl sites for hydroxylation is 1. The molecule has 0 unspecified atom stereocenters. The van der Waals surface area contributed by atoms with E-state index in [1.165, 1.54) is 12.1 Å². The van der Waals surface area contributed by atoms with Gasteiger partial charge in [-0.3, -0.25) is 4.79 Å². The number of benzene rings is 1. The van der Waals surface area contributed by atoms with Crippen molar-refractivity contribution in [2.24, 2.45) is 0 Å². The Balaban J connectivity index is 2.47. The van der Waals surface area contributed by atoms with Gasteiger partial charge in [-0.15, -0.1) is 0 Å². The summed E-state index contributed by atoms with van der Waals surface area (Å²) in [5.74, 6) is 0.0985. The largest absolute Gasteiger partial charge is 0.428 e. The predicted octanol–water partition coefficient (Wildman–Crippen LogP) is 2.23. The highest BCUT2D eigenvalue weighted by molar-refractivity contribution is 6.28. The highest BCUT2D eigenvalue weighted by Gasteiger charge is 2.13.